The SMILES string of the molecule is CCc1nccn1C.COP(=O)(OC)OC. The van der Waals surface area contributed by atoms with Gasteiger partial charge in [-0.3, -0.25) is 13.6 Å². The van der Waals surface area contributed by atoms with E-state index in [2.05, 4.69) is 25.5 Å². The molecule has 94 valence electrons. The number of nitrogens with zero attached hydrogens (tertiary/aromatic N) is 2. The average Bonchev–Trinajstić information content (AvgIpc) is 2.74. The van der Waals surface area contributed by atoms with Gasteiger partial charge in [0.15, 0.2) is 0 Å². The molecule has 1 aromatic heterocycles. The van der Waals surface area contributed by atoms with Gasteiger partial charge in [-0.1, -0.05) is 6.92 Å². The van der Waals surface area contributed by atoms with Crippen molar-refractivity contribution in [1.82, 2.24) is 9.55 Å². The zero-order valence-electron chi connectivity index (χ0n) is 10.3. The van der Waals surface area contributed by atoms with Gasteiger partial charge in [0.1, 0.15) is 5.82 Å². The largest absolute Gasteiger partial charge is 0.473 e. The van der Waals surface area contributed by atoms with Gasteiger partial charge < -0.3 is 4.57 Å². The van der Waals surface area contributed by atoms with Crippen LogP contribution in [0.15, 0.2) is 12.4 Å². The Morgan fingerprint density at radius 2 is 1.81 bits per heavy atom. The molecule has 0 atom stereocenters. The summed E-state index contributed by atoms with van der Waals surface area (Å²) < 4.78 is 25.7. The van der Waals surface area contributed by atoms with E-state index in [1.807, 2.05) is 24.0 Å². The number of rotatable bonds is 4. The molecule has 0 amide bonds. The maximum absolute atomic E-state index is 10.7. The van der Waals surface area contributed by atoms with Crippen molar-refractivity contribution in [1.29, 1.82) is 0 Å². The first kappa shape index (κ1) is 15.3. The topological polar surface area (TPSA) is 62.6 Å². The van der Waals surface area contributed by atoms with E-state index in [-0.39, 0.29) is 0 Å². The molecule has 0 saturated heterocycles. The van der Waals surface area contributed by atoms with Crippen LogP contribution in [-0.4, -0.2) is 30.9 Å². The van der Waals surface area contributed by atoms with Gasteiger partial charge >= 0.3 is 7.82 Å². The molecule has 0 aliphatic rings. The molecule has 0 aromatic carbocycles. The van der Waals surface area contributed by atoms with E-state index in [1.165, 1.54) is 21.3 Å². The zero-order valence-corrected chi connectivity index (χ0v) is 11.2. The second-order valence-corrected chi connectivity index (χ2v) is 4.79. The first-order chi connectivity index (χ1) is 7.52. The van der Waals surface area contributed by atoms with Crippen LogP contribution in [0.25, 0.3) is 0 Å². The Bertz CT molecular complexity index is 321. The van der Waals surface area contributed by atoms with Crippen LogP contribution in [0.5, 0.6) is 0 Å². The normalized spacial score (nSPS) is 10.8. The van der Waals surface area contributed by atoms with Crippen LogP contribution >= 0.6 is 7.82 Å². The van der Waals surface area contributed by atoms with Crippen molar-refractivity contribution in [3.63, 3.8) is 0 Å². The van der Waals surface area contributed by atoms with E-state index < -0.39 is 7.82 Å². The van der Waals surface area contributed by atoms with Gasteiger partial charge in [0.2, 0.25) is 0 Å². The summed E-state index contributed by atoms with van der Waals surface area (Å²) in [5, 5.41) is 0. The smallest absolute Gasteiger partial charge is 0.338 e. The Balaban J connectivity index is 0.000000281. The predicted octanol–water partition coefficient (Wildman–Crippen LogP) is 2.02. The number of phosphoric acid groups is 1. The summed E-state index contributed by atoms with van der Waals surface area (Å²) in [6.07, 6.45) is 4.79. The first-order valence-electron chi connectivity index (χ1n) is 4.76. The van der Waals surface area contributed by atoms with Gasteiger partial charge in [-0.15, -0.1) is 0 Å². The van der Waals surface area contributed by atoms with Crippen molar-refractivity contribution >= 4 is 7.82 Å². The van der Waals surface area contributed by atoms with Crippen molar-refractivity contribution in [3.05, 3.63) is 18.2 Å². The van der Waals surface area contributed by atoms with Crippen LogP contribution in [0.4, 0.5) is 0 Å². The lowest BCUT2D eigenvalue weighted by atomic mass is 10.5. The molecule has 0 saturated carbocycles. The Hall–Kier alpha value is -0.680. The molecular formula is C9H19N2O4P. The van der Waals surface area contributed by atoms with Crippen LogP contribution in [0, 0.1) is 0 Å². The number of hydrogen-bond acceptors (Lipinski definition) is 5. The summed E-state index contributed by atoms with van der Waals surface area (Å²) in [4.78, 5) is 4.10. The maximum atomic E-state index is 10.7. The fourth-order valence-electron chi connectivity index (χ4n) is 0.961. The van der Waals surface area contributed by atoms with Crippen molar-refractivity contribution in [2.75, 3.05) is 21.3 Å². The van der Waals surface area contributed by atoms with Gasteiger partial charge in [0.05, 0.1) is 0 Å². The van der Waals surface area contributed by atoms with Crippen LogP contribution < -0.4 is 0 Å². The predicted molar refractivity (Wildman–Crippen MR) is 61.2 cm³/mol. The Kier molecular flexibility index (Phi) is 7.25. The van der Waals surface area contributed by atoms with Gasteiger partial charge in [0, 0.05) is 47.2 Å². The standard InChI is InChI=1S/C6H10N2.C3H9O4P/c1-3-6-7-4-5-8(6)2;1-5-8(4,6-2)7-3/h4-5H,3H2,1-2H3;1-3H3. The fourth-order valence-corrected chi connectivity index (χ4v) is 1.41. The van der Waals surface area contributed by atoms with E-state index in [4.69, 9.17) is 0 Å². The summed E-state index contributed by atoms with van der Waals surface area (Å²) in [5.41, 5.74) is 0. The summed E-state index contributed by atoms with van der Waals surface area (Å²) in [5.74, 6) is 1.14. The van der Waals surface area contributed by atoms with Gasteiger partial charge in [0.25, 0.3) is 0 Å². The van der Waals surface area contributed by atoms with Crippen molar-refractivity contribution < 1.29 is 18.1 Å². The summed E-state index contributed by atoms with van der Waals surface area (Å²) in [7, 11) is 2.62. The minimum Gasteiger partial charge on any atom is -0.338 e. The molecule has 0 radical (unpaired) electrons. The van der Waals surface area contributed by atoms with Crippen LogP contribution in [0.3, 0.4) is 0 Å². The Morgan fingerprint density at radius 1 is 1.31 bits per heavy atom. The number of imidazole rings is 1. The van der Waals surface area contributed by atoms with Gasteiger partial charge in [-0.2, -0.15) is 0 Å². The van der Waals surface area contributed by atoms with E-state index >= 15 is 0 Å². The lowest BCUT2D eigenvalue weighted by Gasteiger charge is -2.08. The van der Waals surface area contributed by atoms with E-state index in [0.29, 0.717) is 0 Å². The molecule has 0 aliphatic heterocycles. The maximum Gasteiger partial charge on any atom is 0.473 e. The third-order valence-corrected chi connectivity index (χ3v) is 3.25. The van der Waals surface area contributed by atoms with Crippen LogP contribution in [0.1, 0.15) is 12.7 Å². The van der Waals surface area contributed by atoms with Crippen molar-refractivity contribution in [3.8, 4) is 0 Å². The number of aromatic nitrogens is 2. The summed E-state index contributed by atoms with van der Waals surface area (Å²) in [6.45, 7) is 2.10. The second kappa shape index (κ2) is 7.57. The summed E-state index contributed by atoms with van der Waals surface area (Å²) in [6, 6.07) is 0. The van der Waals surface area contributed by atoms with Crippen molar-refractivity contribution in [2.24, 2.45) is 7.05 Å². The highest BCUT2D eigenvalue weighted by Gasteiger charge is 2.18. The highest BCUT2D eigenvalue weighted by molar-refractivity contribution is 7.48. The third-order valence-electron chi connectivity index (χ3n) is 1.91. The van der Waals surface area contributed by atoms with Crippen LogP contribution in [-0.2, 0) is 31.6 Å². The molecule has 1 heterocycles. The quantitative estimate of drug-likeness (QED) is 0.765. The molecule has 6 nitrogen and oxygen atoms in total. The highest BCUT2D eigenvalue weighted by Crippen LogP contribution is 2.46. The molecule has 0 bridgehead atoms. The van der Waals surface area contributed by atoms with E-state index in [0.717, 1.165) is 12.2 Å². The first-order valence-corrected chi connectivity index (χ1v) is 6.22. The number of aryl methyl sites for hydroxylation is 2. The molecule has 1 aromatic rings. The molecule has 0 N–H and O–H groups in total. The molecule has 7 heteroatoms. The second-order valence-electron chi connectivity index (χ2n) is 2.80. The lowest BCUT2D eigenvalue weighted by Crippen LogP contribution is -1.92. The van der Waals surface area contributed by atoms with Gasteiger partial charge in [-0.25, -0.2) is 9.55 Å². The number of hydrogen-bond donors (Lipinski definition) is 0. The zero-order chi connectivity index (χ0) is 12.6. The molecular weight excluding hydrogens is 231 g/mol. The van der Waals surface area contributed by atoms with Crippen LogP contribution in [0.2, 0.25) is 0 Å². The lowest BCUT2D eigenvalue weighted by molar-refractivity contribution is 0.178. The van der Waals surface area contributed by atoms with Gasteiger partial charge in [-0.05, 0) is 0 Å². The summed E-state index contributed by atoms with van der Waals surface area (Å²) >= 11 is 0. The molecule has 16 heavy (non-hydrogen) atoms. The molecule has 0 spiro atoms. The Labute approximate surface area is 96.2 Å². The molecule has 0 unspecified atom stereocenters. The molecule has 0 fully saturated rings. The minimum absolute atomic E-state index is 1.02. The van der Waals surface area contributed by atoms with E-state index in [9.17, 15) is 4.57 Å². The molecule has 1 rings (SSSR count). The minimum atomic E-state index is -3.16. The average molecular weight is 250 g/mol. The number of phosphoric ester groups is 1. The monoisotopic (exact) mass is 250 g/mol. The fraction of sp³-hybridized carbons (Fsp3) is 0.667. The van der Waals surface area contributed by atoms with E-state index in [1.54, 1.807) is 0 Å². The Morgan fingerprint density at radius 3 is 1.94 bits per heavy atom. The third kappa shape index (κ3) is 4.90. The highest BCUT2D eigenvalue weighted by atomic mass is 31.2. The molecule has 0 aliphatic carbocycles. The van der Waals surface area contributed by atoms with Crippen molar-refractivity contribution in [2.45, 2.75) is 13.3 Å².